The van der Waals surface area contributed by atoms with Gasteiger partial charge in [0.05, 0.1) is 39.6 Å². The van der Waals surface area contributed by atoms with E-state index in [0.717, 1.165) is 46.2 Å². The van der Waals surface area contributed by atoms with Crippen LogP contribution in [-0.2, 0) is 16.0 Å². The highest BCUT2D eigenvalue weighted by Gasteiger charge is 2.47. The van der Waals surface area contributed by atoms with Crippen molar-refractivity contribution in [3.05, 3.63) is 71.8 Å². The molecule has 2 aliphatic heterocycles. The number of rotatable bonds is 15. The van der Waals surface area contributed by atoms with E-state index in [1.54, 1.807) is 19.1 Å². The minimum absolute atomic E-state index is 0.0154. The Morgan fingerprint density at radius 3 is 2.42 bits per heavy atom. The molecule has 260 valence electrons. The molecular weight excluding hydrogens is 625 g/mol. The largest absolute Gasteiger partial charge is 0.497 e. The molecule has 1 amide bonds. The molecule has 2 heterocycles. The van der Waals surface area contributed by atoms with Crippen LogP contribution in [0.4, 0.5) is 11.4 Å². The summed E-state index contributed by atoms with van der Waals surface area (Å²) in [6.07, 6.45) is 2.20. The molecule has 5 rings (SSSR count). The summed E-state index contributed by atoms with van der Waals surface area (Å²) in [5, 5.41) is 24.2. The number of hydrogen-bond donors (Lipinski definition) is 3. The first-order valence-electron chi connectivity index (χ1n) is 17.2. The number of carbonyl (C=O) groups is 1. The standard InChI is InChI=1S/C38H52N2O7Si/c1-7-46-29-13-16-33-26(22-29)23-32(39-19-8-9-20-41)38(43)40(33)27-10-17-34-31(24-27)36(45-4)25(2)37(47-34)35(18-21-42)48(5,6)30-14-11-28(44-3)12-15-30/h10-17,22,24-25,32,35-37,39,41-42H,7-9,18-21,23H2,1-6H3/t25-,32?,35?,36-,37-/m0/s1. The van der Waals surface area contributed by atoms with Crippen molar-refractivity contribution in [3.8, 4) is 17.2 Å². The summed E-state index contributed by atoms with van der Waals surface area (Å²) in [7, 11) is 1.24. The topological polar surface area (TPSA) is 110 Å². The number of anilines is 2. The predicted octanol–water partition coefficient (Wildman–Crippen LogP) is 5.50. The van der Waals surface area contributed by atoms with Crippen LogP contribution in [0.3, 0.4) is 0 Å². The molecule has 2 aliphatic rings. The summed E-state index contributed by atoms with van der Waals surface area (Å²) in [5.41, 5.74) is 3.64. The summed E-state index contributed by atoms with van der Waals surface area (Å²) >= 11 is 0. The van der Waals surface area contributed by atoms with Crippen LogP contribution in [0, 0.1) is 5.92 Å². The fourth-order valence-electron chi connectivity index (χ4n) is 7.53. The first-order valence-corrected chi connectivity index (χ1v) is 20.3. The van der Waals surface area contributed by atoms with Crippen molar-refractivity contribution in [2.45, 2.75) is 76.4 Å². The Morgan fingerprint density at radius 1 is 1.00 bits per heavy atom. The molecule has 3 aromatic rings. The maximum Gasteiger partial charge on any atom is 0.249 e. The van der Waals surface area contributed by atoms with Crippen LogP contribution in [0.2, 0.25) is 18.6 Å². The maximum atomic E-state index is 14.1. The summed E-state index contributed by atoms with van der Waals surface area (Å²) in [6, 6.07) is 19.8. The summed E-state index contributed by atoms with van der Waals surface area (Å²) < 4.78 is 24.3. The molecule has 0 spiro atoms. The van der Waals surface area contributed by atoms with Gasteiger partial charge in [0.2, 0.25) is 5.91 Å². The quantitative estimate of drug-likeness (QED) is 0.143. The molecule has 0 saturated heterocycles. The van der Waals surface area contributed by atoms with Crippen molar-refractivity contribution >= 4 is 30.5 Å². The number of unbranched alkanes of at least 4 members (excludes halogenated alkanes) is 1. The average Bonchev–Trinajstić information content (AvgIpc) is 3.09. The SMILES string of the molecule is CCOc1ccc2c(c1)CC(NCCCCO)C(=O)N2c1ccc2c(c1)[C@@H](OC)[C@H](C)[C@@H](C(CCO)[Si](C)(C)c1ccc(OC)cc1)O2. The molecule has 10 heteroatoms. The van der Waals surface area contributed by atoms with Gasteiger partial charge in [-0.15, -0.1) is 0 Å². The lowest BCUT2D eigenvalue weighted by atomic mass is 9.86. The number of amides is 1. The number of aliphatic hydroxyl groups excluding tert-OH is 2. The van der Waals surface area contributed by atoms with E-state index in [-0.39, 0.29) is 42.8 Å². The molecule has 3 N–H and O–H groups in total. The normalized spacial score (nSPS) is 21.2. The first-order chi connectivity index (χ1) is 23.2. The van der Waals surface area contributed by atoms with E-state index in [4.69, 9.17) is 18.9 Å². The number of hydrogen-bond acceptors (Lipinski definition) is 8. The summed E-state index contributed by atoms with van der Waals surface area (Å²) in [6.45, 7) is 10.2. The van der Waals surface area contributed by atoms with Gasteiger partial charge in [0.15, 0.2) is 0 Å². The fraction of sp³-hybridized carbons (Fsp3) is 0.500. The molecular formula is C38H52N2O7Si. The highest BCUT2D eigenvalue weighted by atomic mass is 28.3. The van der Waals surface area contributed by atoms with Gasteiger partial charge in [-0.3, -0.25) is 9.69 Å². The molecule has 0 fully saturated rings. The highest BCUT2D eigenvalue weighted by molar-refractivity contribution is 6.91. The molecule has 0 radical (unpaired) electrons. The van der Waals surface area contributed by atoms with E-state index in [2.05, 4.69) is 37.5 Å². The monoisotopic (exact) mass is 676 g/mol. The van der Waals surface area contributed by atoms with E-state index >= 15 is 0 Å². The van der Waals surface area contributed by atoms with Gasteiger partial charge in [0.25, 0.3) is 0 Å². The molecule has 5 atom stereocenters. The van der Waals surface area contributed by atoms with Gasteiger partial charge in [-0.1, -0.05) is 37.3 Å². The van der Waals surface area contributed by atoms with E-state index in [1.165, 1.54) is 5.19 Å². The Bertz CT molecular complexity index is 1530. The van der Waals surface area contributed by atoms with Gasteiger partial charge in [-0.2, -0.15) is 0 Å². The lowest BCUT2D eigenvalue weighted by Gasteiger charge is -2.46. The number of benzene rings is 3. The number of carbonyl (C=O) groups excluding carboxylic acids is 1. The van der Waals surface area contributed by atoms with E-state index in [0.29, 0.717) is 32.4 Å². The van der Waals surface area contributed by atoms with Crippen molar-refractivity contribution < 1.29 is 34.0 Å². The van der Waals surface area contributed by atoms with E-state index in [9.17, 15) is 15.0 Å². The smallest absolute Gasteiger partial charge is 0.249 e. The van der Waals surface area contributed by atoms with E-state index < -0.39 is 14.1 Å². The van der Waals surface area contributed by atoms with Crippen LogP contribution < -0.4 is 29.6 Å². The number of methoxy groups -OCH3 is 2. The third kappa shape index (κ3) is 7.28. The zero-order chi connectivity index (χ0) is 34.4. The molecule has 0 saturated carbocycles. The molecule has 0 aromatic heterocycles. The van der Waals surface area contributed by atoms with E-state index in [1.807, 2.05) is 55.5 Å². The maximum absolute atomic E-state index is 14.1. The molecule has 48 heavy (non-hydrogen) atoms. The van der Waals surface area contributed by atoms with Gasteiger partial charge in [-0.05, 0) is 98.8 Å². The Morgan fingerprint density at radius 2 is 1.75 bits per heavy atom. The third-order valence-electron chi connectivity index (χ3n) is 10.2. The lowest BCUT2D eigenvalue weighted by molar-refractivity contribution is -0.120. The summed E-state index contributed by atoms with van der Waals surface area (Å²) in [5.74, 6) is 2.30. The van der Waals surface area contributed by atoms with Crippen LogP contribution in [0.15, 0.2) is 60.7 Å². The second-order valence-corrected chi connectivity index (χ2v) is 18.2. The molecule has 2 unspecified atom stereocenters. The van der Waals surface area contributed by atoms with Crippen molar-refractivity contribution in [1.29, 1.82) is 0 Å². The molecule has 0 bridgehead atoms. The third-order valence-corrected chi connectivity index (χ3v) is 14.5. The van der Waals surface area contributed by atoms with Gasteiger partial charge in [0, 0.05) is 37.5 Å². The van der Waals surface area contributed by atoms with Crippen molar-refractivity contribution in [3.63, 3.8) is 0 Å². The van der Waals surface area contributed by atoms with Gasteiger partial charge < -0.3 is 34.5 Å². The van der Waals surface area contributed by atoms with Crippen molar-refractivity contribution in [2.75, 3.05) is 45.5 Å². The number of ether oxygens (including phenoxy) is 4. The number of aliphatic hydroxyl groups is 2. The van der Waals surface area contributed by atoms with Gasteiger partial charge >= 0.3 is 0 Å². The summed E-state index contributed by atoms with van der Waals surface area (Å²) in [4.78, 5) is 15.9. The first kappa shape index (κ1) is 35.9. The number of nitrogens with one attached hydrogen (secondary N) is 1. The number of nitrogens with zero attached hydrogens (tertiary/aromatic N) is 1. The van der Waals surface area contributed by atoms with Crippen LogP contribution in [0.1, 0.15) is 50.3 Å². The Hall–Kier alpha value is -3.41. The predicted molar refractivity (Wildman–Crippen MR) is 192 cm³/mol. The van der Waals surface area contributed by atoms with Crippen LogP contribution in [0.5, 0.6) is 17.2 Å². The second-order valence-electron chi connectivity index (χ2n) is 13.4. The average molecular weight is 677 g/mol. The lowest BCUT2D eigenvalue weighted by Crippen LogP contribution is -2.54. The van der Waals surface area contributed by atoms with Crippen molar-refractivity contribution in [2.24, 2.45) is 5.92 Å². The van der Waals surface area contributed by atoms with Crippen LogP contribution in [0.25, 0.3) is 0 Å². The Kier molecular flexibility index (Phi) is 11.9. The molecule has 0 aliphatic carbocycles. The second kappa shape index (κ2) is 15.9. The number of fused-ring (bicyclic) bond motifs is 2. The van der Waals surface area contributed by atoms with Gasteiger partial charge in [0.1, 0.15) is 23.4 Å². The highest BCUT2D eigenvalue weighted by Crippen LogP contribution is 2.49. The van der Waals surface area contributed by atoms with Gasteiger partial charge in [-0.25, -0.2) is 0 Å². The fourth-order valence-corrected chi connectivity index (χ4v) is 11.0. The zero-order valence-electron chi connectivity index (χ0n) is 29.2. The van der Waals surface area contributed by atoms with Crippen molar-refractivity contribution in [1.82, 2.24) is 5.32 Å². The minimum Gasteiger partial charge on any atom is -0.497 e. The Labute approximate surface area is 286 Å². The molecule has 9 nitrogen and oxygen atoms in total. The molecule has 3 aromatic carbocycles. The van der Waals surface area contributed by atoms with Crippen LogP contribution in [-0.4, -0.2) is 76.9 Å². The van der Waals surface area contributed by atoms with Crippen LogP contribution >= 0.6 is 0 Å². The minimum atomic E-state index is -2.16. The Balaban J connectivity index is 1.50. The zero-order valence-corrected chi connectivity index (χ0v) is 30.2.